The van der Waals surface area contributed by atoms with Gasteiger partial charge in [0.15, 0.2) is 0 Å². The van der Waals surface area contributed by atoms with Crippen molar-refractivity contribution < 1.29 is 4.79 Å². The number of carbonyl (C=O) groups is 1. The zero-order valence-corrected chi connectivity index (χ0v) is 10.9. The number of benzene rings is 1. The molecule has 17 heavy (non-hydrogen) atoms. The first-order valence-electron chi connectivity index (χ1n) is 4.77. The smallest absolute Gasteiger partial charge is 0.230 e. The zero-order chi connectivity index (χ0) is 12.3. The lowest BCUT2D eigenvalue weighted by Gasteiger charge is -2.06. The van der Waals surface area contributed by atoms with Crippen molar-refractivity contribution in [2.75, 3.05) is 5.32 Å². The van der Waals surface area contributed by atoms with Gasteiger partial charge in [-0.05, 0) is 18.2 Å². The number of anilines is 1. The average Bonchev–Trinajstić information content (AvgIpc) is 2.75. The van der Waals surface area contributed by atoms with Crippen LogP contribution in [0.1, 0.15) is 5.69 Å². The van der Waals surface area contributed by atoms with Crippen LogP contribution in [-0.2, 0) is 11.2 Å². The minimum atomic E-state index is -0.153. The number of amides is 1. The fourth-order valence-corrected chi connectivity index (χ4v) is 2.29. The highest BCUT2D eigenvalue weighted by Crippen LogP contribution is 2.25. The van der Waals surface area contributed by atoms with E-state index in [2.05, 4.69) is 10.3 Å². The second-order valence-electron chi connectivity index (χ2n) is 3.33. The van der Waals surface area contributed by atoms with Crippen LogP contribution in [0.15, 0.2) is 29.1 Å². The van der Waals surface area contributed by atoms with Gasteiger partial charge in [-0.1, -0.05) is 23.2 Å². The Balaban J connectivity index is 2.03. The summed E-state index contributed by atoms with van der Waals surface area (Å²) in [5.41, 5.74) is 2.99. The number of hydrogen-bond acceptors (Lipinski definition) is 3. The molecule has 1 amide bonds. The first-order valence-corrected chi connectivity index (χ1v) is 6.47. The summed E-state index contributed by atoms with van der Waals surface area (Å²) in [5.74, 6) is -0.153. The summed E-state index contributed by atoms with van der Waals surface area (Å²) in [6.07, 6.45) is 0.239. The molecule has 2 rings (SSSR count). The van der Waals surface area contributed by atoms with E-state index in [0.717, 1.165) is 5.69 Å². The molecule has 0 radical (unpaired) electrons. The molecule has 0 spiro atoms. The summed E-state index contributed by atoms with van der Waals surface area (Å²) in [6, 6.07) is 4.93. The van der Waals surface area contributed by atoms with Crippen LogP contribution in [0.4, 0.5) is 5.69 Å². The molecule has 0 aliphatic rings. The van der Waals surface area contributed by atoms with E-state index in [0.29, 0.717) is 15.7 Å². The van der Waals surface area contributed by atoms with Crippen molar-refractivity contribution in [2.24, 2.45) is 0 Å². The molecule has 1 aromatic carbocycles. The summed E-state index contributed by atoms with van der Waals surface area (Å²) in [7, 11) is 0. The third-order valence-electron chi connectivity index (χ3n) is 2.03. The van der Waals surface area contributed by atoms with Gasteiger partial charge < -0.3 is 5.32 Å². The van der Waals surface area contributed by atoms with E-state index in [4.69, 9.17) is 23.2 Å². The van der Waals surface area contributed by atoms with Crippen molar-refractivity contribution >= 4 is 46.1 Å². The van der Waals surface area contributed by atoms with Crippen LogP contribution in [0.5, 0.6) is 0 Å². The molecule has 0 unspecified atom stereocenters. The van der Waals surface area contributed by atoms with Crippen LogP contribution in [-0.4, -0.2) is 10.9 Å². The predicted octanol–water partition coefficient (Wildman–Crippen LogP) is 3.63. The first kappa shape index (κ1) is 12.4. The molecule has 6 heteroatoms. The van der Waals surface area contributed by atoms with Crippen molar-refractivity contribution in [3.8, 4) is 0 Å². The van der Waals surface area contributed by atoms with Crippen molar-refractivity contribution in [2.45, 2.75) is 6.42 Å². The fraction of sp³-hybridized carbons (Fsp3) is 0.0909. The maximum absolute atomic E-state index is 11.7. The standard InChI is InChI=1S/C11H8Cl2N2OS/c12-7-1-2-10(9(13)3-7)15-11(16)4-8-5-17-6-14-8/h1-3,5-6H,4H2,(H,15,16). The van der Waals surface area contributed by atoms with Gasteiger partial charge in [-0.2, -0.15) is 0 Å². The summed E-state index contributed by atoms with van der Waals surface area (Å²) in [4.78, 5) is 15.7. The number of thiazole rings is 1. The molecule has 0 saturated carbocycles. The van der Waals surface area contributed by atoms with Gasteiger partial charge in [0, 0.05) is 10.4 Å². The highest BCUT2D eigenvalue weighted by molar-refractivity contribution is 7.07. The number of nitrogens with zero attached hydrogens (tertiary/aromatic N) is 1. The maximum Gasteiger partial charge on any atom is 0.230 e. The Hall–Kier alpha value is -1.10. The first-order chi connectivity index (χ1) is 8.15. The van der Waals surface area contributed by atoms with Gasteiger partial charge in [0.25, 0.3) is 0 Å². The van der Waals surface area contributed by atoms with Gasteiger partial charge in [-0.15, -0.1) is 11.3 Å². The van der Waals surface area contributed by atoms with E-state index < -0.39 is 0 Å². The van der Waals surface area contributed by atoms with Crippen LogP contribution in [0.3, 0.4) is 0 Å². The second-order valence-corrected chi connectivity index (χ2v) is 4.89. The van der Waals surface area contributed by atoms with Crippen LogP contribution in [0.25, 0.3) is 0 Å². The average molecular weight is 287 g/mol. The lowest BCUT2D eigenvalue weighted by molar-refractivity contribution is -0.115. The Kier molecular flexibility index (Phi) is 3.99. The van der Waals surface area contributed by atoms with E-state index in [1.165, 1.54) is 11.3 Å². The van der Waals surface area contributed by atoms with Gasteiger partial charge >= 0.3 is 0 Å². The summed E-state index contributed by atoms with van der Waals surface area (Å²) < 4.78 is 0. The molecule has 0 bridgehead atoms. The Bertz CT molecular complexity index is 528. The number of carbonyl (C=O) groups excluding carboxylic acids is 1. The molecular weight excluding hydrogens is 279 g/mol. The van der Waals surface area contributed by atoms with Gasteiger partial charge in [0.1, 0.15) is 0 Å². The number of aromatic nitrogens is 1. The fourth-order valence-electron chi connectivity index (χ4n) is 1.27. The second kappa shape index (κ2) is 5.49. The molecule has 0 aliphatic carbocycles. The molecule has 0 saturated heterocycles. The predicted molar refractivity (Wildman–Crippen MR) is 70.9 cm³/mol. The van der Waals surface area contributed by atoms with E-state index >= 15 is 0 Å². The Morgan fingerprint density at radius 2 is 2.24 bits per heavy atom. The maximum atomic E-state index is 11.7. The molecule has 1 heterocycles. The van der Waals surface area contributed by atoms with Crippen molar-refractivity contribution in [3.05, 3.63) is 44.8 Å². The molecule has 88 valence electrons. The lowest BCUT2D eigenvalue weighted by Crippen LogP contribution is -2.14. The van der Waals surface area contributed by atoms with Crippen LogP contribution in [0.2, 0.25) is 10.0 Å². The van der Waals surface area contributed by atoms with Gasteiger partial charge in [-0.3, -0.25) is 4.79 Å². The molecular formula is C11H8Cl2N2OS. The molecule has 1 N–H and O–H groups in total. The molecule has 0 atom stereocenters. The molecule has 1 aromatic heterocycles. The van der Waals surface area contributed by atoms with Gasteiger partial charge in [0.05, 0.1) is 28.3 Å². The van der Waals surface area contributed by atoms with Crippen LogP contribution in [0, 0.1) is 0 Å². The zero-order valence-electron chi connectivity index (χ0n) is 8.61. The van der Waals surface area contributed by atoms with Crippen molar-refractivity contribution in [3.63, 3.8) is 0 Å². The number of hydrogen-bond donors (Lipinski definition) is 1. The lowest BCUT2D eigenvalue weighted by atomic mass is 10.3. The molecule has 0 aliphatic heterocycles. The summed E-state index contributed by atoms with van der Waals surface area (Å²) >= 11 is 13.2. The Morgan fingerprint density at radius 1 is 1.41 bits per heavy atom. The Morgan fingerprint density at radius 3 is 2.88 bits per heavy atom. The number of rotatable bonds is 3. The largest absolute Gasteiger partial charge is 0.324 e. The monoisotopic (exact) mass is 286 g/mol. The third kappa shape index (κ3) is 3.43. The number of halogens is 2. The summed E-state index contributed by atoms with van der Waals surface area (Å²) in [6.45, 7) is 0. The summed E-state index contributed by atoms with van der Waals surface area (Å²) in [5, 5.41) is 5.50. The molecule has 0 fully saturated rings. The minimum Gasteiger partial charge on any atom is -0.324 e. The SMILES string of the molecule is O=C(Cc1cscn1)Nc1ccc(Cl)cc1Cl. The van der Waals surface area contributed by atoms with Crippen molar-refractivity contribution in [1.29, 1.82) is 0 Å². The van der Waals surface area contributed by atoms with Crippen LogP contribution >= 0.6 is 34.5 Å². The van der Waals surface area contributed by atoms with E-state index in [-0.39, 0.29) is 12.3 Å². The highest BCUT2D eigenvalue weighted by atomic mass is 35.5. The van der Waals surface area contributed by atoms with Gasteiger partial charge in [-0.25, -0.2) is 4.98 Å². The minimum absolute atomic E-state index is 0.153. The highest BCUT2D eigenvalue weighted by Gasteiger charge is 2.08. The van der Waals surface area contributed by atoms with E-state index in [1.54, 1.807) is 23.7 Å². The molecule has 3 nitrogen and oxygen atoms in total. The van der Waals surface area contributed by atoms with E-state index in [9.17, 15) is 4.79 Å². The van der Waals surface area contributed by atoms with Gasteiger partial charge in [0.2, 0.25) is 5.91 Å². The molecule has 2 aromatic rings. The Labute approximate surface area is 112 Å². The third-order valence-corrected chi connectivity index (χ3v) is 3.21. The van der Waals surface area contributed by atoms with E-state index in [1.807, 2.05) is 5.38 Å². The van der Waals surface area contributed by atoms with Crippen LogP contribution < -0.4 is 5.32 Å². The topological polar surface area (TPSA) is 42.0 Å². The quantitative estimate of drug-likeness (QED) is 0.936. The van der Waals surface area contributed by atoms with Crippen molar-refractivity contribution in [1.82, 2.24) is 4.98 Å². The normalized spacial score (nSPS) is 10.2. The number of nitrogens with one attached hydrogen (secondary N) is 1.